The summed E-state index contributed by atoms with van der Waals surface area (Å²) in [6, 6.07) is 5.83. The van der Waals surface area contributed by atoms with E-state index < -0.39 is 30.7 Å². The van der Waals surface area contributed by atoms with Crippen molar-refractivity contribution in [1.82, 2.24) is 4.31 Å². The minimum absolute atomic E-state index is 0.0471. The van der Waals surface area contributed by atoms with Crippen molar-refractivity contribution in [2.45, 2.75) is 37.5 Å². The molecule has 2 aromatic rings. The number of anilines is 1. The fourth-order valence-electron chi connectivity index (χ4n) is 2.80. The molecule has 0 aliphatic rings. The highest BCUT2D eigenvalue weighted by atomic mass is 35.5. The summed E-state index contributed by atoms with van der Waals surface area (Å²) in [4.78, 5) is 9.87. The Bertz CT molecular complexity index is 1190. The SMILES string of the molecule is CCN(CC)S(=O)(=O)c1cc(C)c(C)c(NS(=O)(=O)c2ccc(Cl)c([N+](=O)[O-])c2)c1. The lowest BCUT2D eigenvalue weighted by atomic mass is 10.1. The van der Waals surface area contributed by atoms with Gasteiger partial charge in [0, 0.05) is 19.2 Å². The van der Waals surface area contributed by atoms with Gasteiger partial charge in [-0.05, 0) is 49.2 Å². The molecule has 12 heteroatoms. The molecule has 2 aromatic carbocycles. The average molecular weight is 476 g/mol. The van der Waals surface area contributed by atoms with Crippen molar-refractivity contribution in [2.24, 2.45) is 0 Å². The van der Waals surface area contributed by atoms with Crippen LogP contribution in [0.3, 0.4) is 0 Å². The number of rotatable bonds is 8. The first kappa shape index (κ1) is 24.1. The number of aryl methyl sites for hydroxylation is 1. The summed E-state index contributed by atoms with van der Waals surface area (Å²) in [5, 5.41) is 10.9. The van der Waals surface area contributed by atoms with Gasteiger partial charge in [0.15, 0.2) is 0 Å². The third-order valence-corrected chi connectivity index (χ3v) is 8.36. The molecule has 0 bridgehead atoms. The van der Waals surface area contributed by atoms with Crippen LogP contribution in [0.2, 0.25) is 5.02 Å². The molecule has 0 radical (unpaired) electrons. The summed E-state index contributed by atoms with van der Waals surface area (Å²) in [6.45, 7) is 7.26. The summed E-state index contributed by atoms with van der Waals surface area (Å²) in [5.74, 6) is 0. The summed E-state index contributed by atoms with van der Waals surface area (Å²) in [5.41, 5.74) is 0.618. The summed E-state index contributed by atoms with van der Waals surface area (Å²) in [7, 11) is -8.06. The van der Waals surface area contributed by atoms with Gasteiger partial charge in [0.2, 0.25) is 10.0 Å². The standard InChI is InChI=1S/C18H22ClN3O6S2/c1-5-21(6-2)30(27,28)15-9-12(3)13(4)17(10-15)20-29(25,26)14-7-8-16(19)18(11-14)22(23)24/h7-11,20H,5-6H2,1-4H3. The van der Waals surface area contributed by atoms with E-state index in [1.54, 1.807) is 27.7 Å². The minimum atomic E-state index is -4.24. The summed E-state index contributed by atoms with van der Waals surface area (Å²) >= 11 is 5.75. The topological polar surface area (TPSA) is 127 Å². The largest absolute Gasteiger partial charge is 0.289 e. The van der Waals surface area contributed by atoms with Crippen LogP contribution < -0.4 is 4.72 Å². The molecular weight excluding hydrogens is 454 g/mol. The van der Waals surface area contributed by atoms with Crippen LogP contribution in [-0.2, 0) is 20.0 Å². The number of nitrogens with one attached hydrogen (secondary N) is 1. The van der Waals surface area contributed by atoms with Gasteiger partial charge in [0.25, 0.3) is 15.7 Å². The Morgan fingerprint density at radius 1 is 1.03 bits per heavy atom. The van der Waals surface area contributed by atoms with E-state index in [2.05, 4.69) is 4.72 Å². The summed E-state index contributed by atoms with van der Waals surface area (Å²) < 4.78 is 55.0. The number of hydrogen-bond donors (Lipinski definition) is 1. The lowest BCUT2D eigenvalue weighted by molar-refractivity contribution is -0.384. The molecule has 0 spiro atoms. The number of nitrogens with zero attached hydrogens (tertiary/aromatic N) is 2. The van der Waals surface area contributed by atoms with Crippen molar-refractivity contribution in [3.05, 3.63) is 56.6 Å². The average Bonchev–Trinajstić information content (AvgIpc) is 2.65. The first-order valence-electron chi connectivity index (χ1n) is 8.93. The first-order chi connectivity index (χ1) is 13.8. The molecule has 0 unspecified atom stereocenters. The number of nitro groups is 1. The van der Waals surface area contributed by atoms with Crippen molar-refractivity contribution in [2.75, 3.05) is 17.8 Å². The molecular formula is C18H22ClN3O6S2. The van der Waals surface area contributed by atoms with Crippen molar-refractivity contribution < 1.29 is 21.8 Å². The quantitative estimate of drug-likeness (QED) is 0.458. The van der Waals surface area contributed by atoms with Gasteiger partial charge in [0.1, 0.15) is 5.02 Å². The van der Waals surface area contributed by atoms with Gasteiger partial charge in [-0.3, -0.25) is 14.8 Å². The van der Waals surface area contributed by atoms with E-state index in [1.165, 1.54) is 16.4 Å². The smallest absolute Gasteiger partial charge is 0.279 e. The zero-order valence-corrected chi connectivity index (χ0v) is 19.2. The van der Waals surface area contributed by atoms with Gasteiger partial charge in [-0.15, -0.1) is 0 Å². The van der Waals surface area contributed by atoms with Gasteiger partial charge in [0.05, 0.1) is 20.4 Å². The molecule has 0 heterocycles. The van der Waals surface area contributed by atoms with Crippen LogP contribution in [-0.4, -0.2) is 39.2 Å². The van der Waals surface area contributed by atoms with Crippen molar-refractivity contribution >= 4 is 43.0 Å². The molecule has 9 nitrogen and oxygen atoms in total. The second-order valence-corrected chi connectivity index (χ2v) is 10.5. The van der Waals surface area contributed by atoms with E-state index in [0.717, 1.165) is 18.2 Å². The first-order valence-corrected chi connectivity index (χ1v) is 12.2. The van der Waals surface area contributed by atoms with Crippen LogP contribution in [0.1, 0.15) is 25.0 Å². The fraction of sp³-hybridized carbons (Fsp3) is 0.333. The number of sulfonamides is 2. The molecule has 0 aliphatic heterocycles. The molecule has 0 aromatic heterocycles. The van der Waals surface area contributed by atoms with Crippen LogP contribution in [0.5, 0.6) is 0 Å². The second-order valence-electron chi connectivity index (χ2n) is 6.48. The number of nitro benzene ring substituents is 1. The summed E-state index contributed by atoms with van der Waals surface area (Å²) in [6.07, 6.45) is 0. The molecule has 0 saturated carbocycles. The fourth-order valence-corrected chi connectivity index (χ4v) is 5.69. The van der Waals surface area contributed by atoms with Crippen LogP contribution in [0.25, 0.3) is 0 Å². The van der Waals surface area contributed by atoms with E-state index in [-0.39, 0.29) is 33.6 Å². The maximum absolute atomic E-state index is 12.9. The van der Waals surface area contributed by atoms with Crippen molar-refractivity contribution in [3.63, 3.8) is 0 Å². The number of hydrogen-bond acceptors (Lipinski definition) is 6. The normalized spacial score (nSPS) is 12.2. The number of benzene rings is 2. The molecule has 0 amide bonds. The van der Waals surface area contributed by atoms with Gasteiger partial charge in [-0.25, -0.2) is 16.8 Å². The third kappa shape index (κ3) is 4.75. The van der Waals surface area contributed by atoms with Crippen LogP contribution >= 0.6 is 11.6 Å². The molecule has 0 aliphatic carbocycles. The Kier molecular flexibility index (Phi) is 7.12. The van der Waals surface area contributed by atoms with Crippen molar-refractivity contribution in [1.29, 1.82) is 0 Å². The molecule has 164 valence electrons. The van der Waals surface area contributed by atoms with E-state index in [1.807, 2.05) is 0 Å². The van der Waals surface area contributed by atoms with Gasteiger partial charge in [-0.1, -0.05) is 25.4 Å². The Morgan fingerprint density at radius 3 is 2.17 bits per heavy atom. The van der Waals surface area contributed by atoms with Crippen LogP contribution in [0, 0.1) is 24.0 Å². The molecule has 30 heavy (non-hydrogen) atoms. The third-order valence-electron chi connectivity index (χ3n) is 4.65. The molecule has 2 rings (SSSR count). The maximum Gasteiger partial charge on any atom is 0.289 e. The molecule has 0 atom stereocenters. The predicted octanol–water partition coefficient (Wildman–Crippen LogP) is 3.70. The minimum Gasteiger partial charge on any atom is -0.279 e. The Hall–Kier alpha value is -2.21. The number of halogens is 1. The highest BCUT2D eigenvalue weighted by molar-refractivity contribution is 7.92. The maximum atomic E-state index is 12.9. The Labute approximate surface area is 180 Å². The highest BCUT2D eigenvalue weighted by Gasteiger charge is 2.25. The van der Waals surface area contributed by atoms with Crippen LogP contribution in [0.15, 0.2) is 40.1 Å². The lowest BCUT2D eigenvalue weighted by Crippen LogP contribution is -2.30. The molecule has 0 fully saturated rings. The second kappa shape index (κ2) is 8.88. The molecule has 1 N–H and O–H groups in total. The van der Waals surface area contributed by atoms with Gasteiger partial charge < -0.3 is 0 Å². The van der Waals surface area contributed by atoms with Crippen molar-refractivity contribution in [3.8, 4) is 0 Å². The Balaban J connectivity index is 2.57. The monoisotopic (exact) mass is 475 g/mol. The van der Waals surface area contributed by atoms with E-state index in [0.29, 0.717) is 11.1 Å². The predicted molar refractivity (Wildman–Crippen MR) is 115 cm³/mol. The Morgan fingerprint density at radius 2 is 1.63 bits per heavy atom. The van der Waals surface area contributed by atoms with E-state index >= 15 is 0 Å². The van der Waals surface area contributed by atoms with E-state index in [4.69, 9.17) is 11.6 Å². The zero-order valence-electron chi connectivity index (χ0n) is 16.8. The van der Waals surface area contributed by atoms with E-state index in [9.17, 15) is 26.9 Å². The van der Waals surface area contributed by atoms with Crippen LogP contribution in [0.4, 0.5) is 11.4 Å². The zero-order chi connectivity index (χ0) is 22.9. The van der Waals surface area contributed by atoms with Gasteiger partial charge in [-0.2, -0.15) is 4.31 Å². The highest BCUT2D eigenvalue weighted by Crippen LogP contribution is 2.31. The van der Waals surface area contributed by atoms with Gasteiger partial charge >= 0.3 is 0 Å². The molecule has 0 saturated heterocycles. The lowest BCUT2D eigenvalue weighted by Gasteiger charge is -2.20.